The van der Waals surface area contributed by atoms with Gasteiger partial charge in [-0.25, -0.2) is 4.79 Å². The highest BCUT2D eigenvalue weighted by Crippen LogP contribution is 2.47. The summed E-state index contributed by atoms with van der Waals surface area (Å²) in [7, 11) is 0. The molecule has 2 aliphatic heterocycles. The first-order chi connectivity index (χ1) is 12.7. The van der Waals surface area contributed by atoms with Crippen LogP contribution >= 0.6 is 11.8 Å². The van der Waals surface area contributed by atoms with Gasteiger partial charge in [0.05, 0.1) is 17.0 Å². The fraction of sp³-hybridized carbons (Fsp3) is 0.550. The second kappa shape index (κ2) is 7.54. The Kier molecular flexibility index (Phi) is 5.51. The lowest BCUT2D eigenvalue weighted by molar-refractivity contribution is -0.151. The zero-order valence-corrected chi connectivity index (χ0v) is 16.8. The summed E-state index contributed by atoms with van der Waals surface area (Å²) < 4.78 is 10.6. The first-order valence-electron chi connectivity index (χ1n) is 9.07. The number of hydrogen-bond acceptors (Lipinski definition) is 6. The van der Waals surface area contributed by atoms with E-state index in [0.29, 0.717) is 6.42 Å². The quantitative estimate of drug-likeness (QED) is 0.566. The first kappa shape index (κ1) is 19.7. The van der Waals surface area contributed by atoms with Gasteiger partial charge in [0.25, 0.3) is 0 Å². The number of benzene rings is 1. The van der Waals surface area contributed by atoms with Gasteiger partial charge in [-0.2, -0.15) is 0 Å². The van der Waals surface area contributed by atoms with Gasteiger partial charge >= 0.3 is 6.16 Å². The number of thioether (sulfide) groups is 1. The number of nitrogens with zero attached hydrogens (tertiary/aromatic N) is 1. The fourth-order valence-electron chi connectivity index (χ4n) is 3.32. The van der Waals surface area contributed by atoms with Crippen LogP contribution in [0.5, 0.6) is 0 Å². The molecule has 2 heterocycles. The highest BCUT2D eigenvalue weighted by Gasteiger charge is 2.57. The zero-order chi connectivity index (χ0) is 19.8. The molecule has 4 atom stereocenters. The maximum Gasteiger partial charge on any atom is 0.508 e. The third-order valence-electron chi connectivity index (χ3n) is 4.82. The monoisotopic (exact) mass is 391 g/mol. The van der Waals surface area contributed by atoms with E-state index in [-0.39, 0.29) is 28.9 Å². The van der Waals surface area contributed by atoms with Gasteiger partial charge in [0.2, 0.25) is 5.91 Å². The molecule has 0 aliphatic carbocycles. The molecule has 0 spiro atoms. The SMILES string of the molecule is CC(OC(=O)OCc1ccccc1)C1S[C@@H]2CC(=O)N2C1C(=O)C(C)(C)C. The fourth-order valence-corrected chi connectivity index (χ4v) is 4.98. The van der Waals surface area contributed by atoms with E-state index in [4.69, 9.17) is 9.47 Å². The molecule has 1 aromatic rings. The van der Waals surface area contributed by atoms with E-state index >= 15 is 0 Å². The van der Waals surface area contributed by atoms with Crippen LogP contribution in [0.1, 0.15) is 39.7 Å². The summed E-state index contributed by atoms with van der Waals surface area (Å²) >= 11 is 1.53. The molecule has 6 nitrogen and oxygen atoms in total. The Bertz CT molecular complexity index is 730. The van der Waals surface area contributed by atoms with Crippen LogP contribution in [0.2, 0.25) is 0 Å². The van der Waals surface area contributed by atoms with Crippen molar-refractivity contribution in [3.8, 4) is 0 Å². The number of carbonyl (C=O) groups excluding carboxylic acids is 3. The van der Waals surface area contributed by atoms with Gasteiger partial charge in [-0.3, -0.25) is 9.59 Å². The van der Waals surface area contributed by atoms with Crippen LogP contribution in [0.25, 0.3) is 0 Å². The molecule has 1 aromatic carbocycles. The second-order valence-electron chi connectivity index (χ2n) is 7.97. The highest BCUT2D eigenvalue weighted by atomic mass is 32.2. The normalized spacial score (nSPS) is 25.4. The minimum atomic E-state index is -0.769. The topological polar surface area (TPSA) is 72.9 Å². The second-order valence-corrected chi connectivity index (χ2v) is 9.33. The van der Waals surface area contributed by atoms with E-state index in [2.05, 4.69) is 0 Å². The summed E-state index contributed by atoms with van der Waals surface area (Å²) in [5.74, 6) is -0.0277. The number of rotatable bonds is 5. The molecule has 27 heavy (non-hydrogen) atoms. The van der Waals surface area contributed by atoms with Gasteiger partial charge in [-0.15, -0.1) is 11.8 Å². The van der Waals surface area contributed by atoms with E-state index in [0.717, 1.165) is 5.56 Å². The molecule has 1 amide bonds. The van der Waals surface area contributed by atoms with Crippen molar-refractivity contribution in [2.45, 2.75) is 63.5 Å². The van der Waals surface area contributed by atoms with Crippen molar-refractivity contribution in [3.63, 3.8) is 0 Å². The zero-order valence-electron chi connectivity index (χ0n) is 16.0. The van der Waals surface area contributed by atoms with Crippen molar-refractivity contribution in [1.29, 1.82) is 0 Å². The lowest BCUT2D eigenvalue weighted by Gasteiger charge is -2.39. The summed E-state index contributed by atoms with van der Waals surface area (Å²) in [5, 5.41) is -0.303. The van der Waals surface area contributed by atoms with Crippen LogP contribution in [-0.4, -0.2) is 45.5 Å². The van der Waals surface area contributed by atoms with Crippen molar-refractivity contribution < 1.29 is 23.9 Å². The first-order valence-corrected chi connectivity index (χ1v) is 10.0. The predicted molar refractivity (Wildman–Crippen MR) is 102 cm³/mol. The van der Waals surface area contributed by atoms with Crippen LogP contribution in [0.15, 0.2) is 30.3 Å². The Morgan fingerprint density at radius 3 is 2.52 bits per heavy atom. The van der Waals surface area contributed by atoms with Gasteiger partial charge in [0.1, 0.15) is 18.8 Å². The standard InChI is InChI=1S/C20H25NO5S/c1-12(26-19(24)25-11-13-8-6-5-7-9-13)17-16(18(23)20(2,3)4)21-14(22)10-15(21)27-17/h5-9,12,15-17H,10-11H2,1-4H3/t12?,15-,16?,17?/m1/s1. The highest BCUT2D eigenvalue weighted by molar-refractivity contribution is 8.01. The number of ketones is 1. The Labute approximate surface area is 163 Å². The van der Waals surface area contributed by atoms with Gasteiger partial charge in [-0.05, 0) is 12.5 Å². The molecule has 0 radical (unpaired) electrons. The number of hydrogen-bond donors (Lipinski definition) is 0. The average molecular weight is 391 g/mol. The van der Waals surface area contributed by atoms with Crippen LogP contribution in [0.3, 0.4) is 0 Å². The van der Waals surface area contributed by atoms with Crippen molar-refractivity contribution in [2.75, 3.05) is 0 Å². The largest absolute Gasteiger partial charge is 0.508 e. The van der Waals surface area contributed by atoms with E-state index in [1.807, 2.05) is 51.1 Å². The van der Waals surface area contributed by atoms with E-state index in [9.17, 15) is 14.4 Å². The number of carbonyl (C=O) groups is 3. The molecule has 2 aliphatic rings. The average Bonchev–Trinajstić information content (AvgIpc) is 2.92. The number of ether oxygens (including phenoxy) is 2. The maximum atomic E-state index is 12.9. The summed E-state index contributed by atoms with van der Waals surface area (Å²) in [6, 6.07) is 8.77. The lowest BCUT2D eigenvalue weighted by atomic mass is 9.83. The molecule has 0 bridgehead atoms. The Balaban J connectivity index is 1.63. The van der Waals surface area contributed by atoms with Crippen LogP contribution in [0.4, 0.5) is 4.79 Å². The van der Waals surface area contributed by atoms with Gasteiger partial charge in [0, 0.05) is 5.41 Å². The summed E-state index contributed by atoms with van der Waals surface area (Å²) in [6.07, 6.45) is -0.886. The minimum absolute atomic E-state index is 0.00908. The molecular formula is C20H25NO5S. The molecule has 146 valence electrons. The summed E-state index contributed by atoms with van der Waals surface area (Å²) in [6.45, 7) is 7.40. The number of Topliss-reactive ketones (excluding diaryl/α,β-unsaturated/α-hetero) is 1. The van der Waals surface area contributed by atoms with Crippen LogP contribution in [0, 0.1) is 5.41 Å². The van der Waals surface area contributed by atoms with E-state index in [1.165, 1.54) is 11.8 Å². The van der Waals surface area contributed by atoms with Gasteiger partial charge in [-0.1, -0.05) is 51.1 Å². The third kappa shape index (κ3) is 4.13. The molecule has 3 unspecified atom stereocenters. The third-order valence-corrected chi connectivity index (χ3v) is 6.49. The molecule has 7 heteroatoms. The summed E-state index contributed by atoms with van der Waals surface area (Å²) in [5.41, 5.74) is 0.287. The molecule has 2 saturated heterocycles. The van der Waals surface area contributed by atoms with Crippen molar-refractivity contribution in [2.24, 2.45) is 5.41 Å². The number of amides is 1. The molecule has 2 fully saturated rings. The van der Waals surface area contributed by atoms with Crippen molar-refractivity contribution in [3.05, 3.63) is 35.9 Å². The van der Waals surface area contributed by atoms with Gasteiger partial charge < -0.3 is 14.4 Å². The van der Waals surface area contributed by atoms with Crippen LogP contribution in [-0.2, 0) is 25.7 Å². The van der Waals surface area contributed by atoms with Gasteiger partial charge in [0.15, 0.2) is 5.78 Å². The Morgan fingerprint density at radius 1 is 1.26 bits per heavy atom. The number of fused-ring (bicyclic) bond motifs is 1. The van der Waals surface area contributed by atoms with E-state index < -0.39 is 23.7 Å². The minimum Gasteiger partial charge on any atom is -0.430 e. The maximum absolute atomic E-state index is 12.9. The molecule has 3 rings (SSSR count). The molecule has 0 aromatic heterocycles. The van der Waals surface area contributed by atoms with E-state index in [1.54, 1.807) is 11.8 Å². The Morgan fingerprint density at radius 2 is 1.93 bits per heavy atom. The smallest absolute Gasteiger partial charge is 0.430 e. The number of β-lactam (4-membered cyclic amide) rings is 1. The lowest BCUT2D eigenvalue weighted by Crippen LogP contribution is -2.58. The van der Waals surface area contributed by atoms with Crippen LogP contribution < -0.4 is 0 Å². The van der Waals surface area contributed by atoms with Crippen molar-refractivity contribution in [1.82, 2.24) is 4.90 Å². The van der Waals surface area contributed by atoms with Crippen molar-refractivity contribution >= 4 is 29.6 Å². The molecule has 0 N–H and O–H groups in total. The molecule has 0 saturated carbocycles. The predicted octanol–water partition coefficient (Wildman–Crippen LogP) is 3.39. The Hall–Kier alpha value is -2.02. The molecular weight excluding hydrogens is 366 g/mol. The summed E-state index contributed by atoms with van der Waals surface area (Å²) in [4.78, 5) is 38.7.